The number of aromatic hydroxyl groups is 1. The fourth-order valence-corrected chi connectivity index (χ4v) is 2.40. The van der Waals surface area contributed by atoms with Crippen molar-refractivity contribution in [2.45, 2.75) is 26.3 Å². The Morgan fingerprint density at radius 2 is 1.81 bits per heavy atom. The minimum Gasteiger partial charge on any atom is -0.505 e. The number of amides is 1. The van der Waals surface area contributed by atoms with Gasteiger partial charge in [-0.2, -0.15) is 5.10 Å². The zero-order chi connectivity index (χ0) is 20.3. The van der Waals surface area contributed by atoms with Gasteiger partial charge in [-0.3, -0.25) is 14.4 Å². The van der Waals surface area contributed by atoms with Crippen LogP contribution in [0.2, 0.25) is 0 Å². The molecule has 0 saturated heterocycles. The van der Waals surface area contributed by atoms with Gasteiger partial charge in [-0.15, -0.1) is 0 Å². The van der Waals surface area contributed by atoms with E-state index in [2.05, 4.69) is 5.10 Å². The Morgan fingerprint density at radius 3 is 2.33 bits per heavy atom. The summed E-state index contributed by atoms with van der Waals surface area (Å²) in [5.41, 5.74) is -1.62. The van der Waals surface area contributed by atoms with E-state index in [-0.39, 0.29) is 17.8 Å². The maximum atomic E-state index is 13.4. The zero-order valence-electron chi connectivity index (χ0n) is 14.5. The molecule has 0 unspecified atom stereocenters. The molecule has 0 atom stereocenters. The van der Waals surface area contributed by atoms with E-state index in [0.29, 0.717) is 6.07 Å². The summed E-state index contributed by atoms with van der Waals surface area (Å²) in [6.07, 6.45) is 0. The van der Waals surface area contributed by atoms with Crippen LogP contribution < -0.4 is 10.9 Å². The fraction of sp³-hybridized carbons (Fsp3) is 0.294. The topological polar surface area (TPSA) is 122 Å². The summed E-state index contributed by atoms with van der Waals surface area (Å²) in [4.78, 5) is 35.4. The van der Waals surface area contributed by atoms with Gasteiger partial charge in [0, 0.05) is 12.0 Å². The molecule has 1 aromatic heterocycles. The number of carboxylic acid groups (broad SMARTS) is 1. The van der Waals surface area contributed by atoms with E-state index in [1.807, 2.05) is 5.32 Å². The molecule has 0 fully saturated rings. The third-order valence-electron chi connectivity index (χ3n) is 3.58. The molecule has 8 nitrogen and oxygen atoms in total. The van der Waals surface area contributed by atoms with Crippen LogP contribution in [0, 0.1) is 11.6 Å². The van der Waals surface area contributed by atoms with Crippen molar-refractivity contribution in [1.29, 1.82) is 0 Å². The molecule has 0 spiro atoms. The van der Waals surface area contributed by atoms with Gasteiger partial charge >= 0.3 is 5.97 Å². The number of aliphatic carboxylic acids is 1. The first kappa shape index (κ1) is 20.0. The minimum absolute atomic E-state index is 0.00644. The normalized spacial score (nSPS) is 10.9. The highest BCUT2D eigenvalue weighted by Gasteiger charge is 2.24. The van der Waals surface area contributed by atoms with Gasteiger partial charge in [0.2, 0.25) is 0 Å². The maximum absolute atomic E-state index is 13.4. The Labute approximate surface area is 152 Å². The molecule has 2 rings (SSSR count). The zero-order valence-corrected chi connectivity index (χ0v) is 14.5. The van der Waals surface area contributed by atoms with Crippen molar-refractivity contribution in [2.24, 2.45) is 0 Å². The largest absolute Gasteiger partial charge is 0.505 e. The summed E-state index contributed by atoms with van der Waals surface area (Å²) in [5.74, 6) is -5.19. The van der Waals surface area contributed by atoms with Gasteiger partial charge in [0.05, 0.1) is 6.54 Å². The molecule has 1 aromatic carbocycles. The van der Waals surface area contributed by atoms with Gasteiger partial charge in [0.25, 0.3) is 11.5 Å². The predicted octanol–water partition coefficient (Wildman–Crippen LogP) is 1.21. The van der Waals surface area contributed by atoms with E-state index in [4.69, 9.17) is 5.11 Å². The third kappa shape index (κ3) is 4.66. The van der Waals surface area contributed by atoms with Crippen molar-refractivity contribution in [3.8, 4) is 5.75 Å². The smallest absolute Gasteiger partial charge is 0.322 e. The van der Waals surface area contributed by atoms with Crippen LogP contribution in [-0.4, -0.2) is 38.4 Å². The van der Waals surface area contributed by atoms with Gasteiger partial charge in [-0.25, -0.2) is 13.5 Å². The number of aromatic nitrogens is 2. The Bertz CT molecular complexity index is 936. The first-order chi connectivity index (χ1) is 12.6. The lowest BCUT2D eigenvalue weighted by Gasteiger charge is -2.15. The molecule has 3 N–H and O–H groups in total. The van der Waals surface area contributed by atoms with Crippen LogP contribution in [0.15, 0.2) is 23.0 Å². The van der Waals surface area contributed by atoms with Crippen LogP contribution in [-0.2, 0) is 11.3 Å². The lowest BCUT2D eigenvalue weighted by molar-refractivity contribution is -0.135. The van der Waals surface area contributed by atoms with Gasteiger partial charge in [0.1, 0.15) is 29.4 Å². The molecule has 0 bridgehead atoms. The summed E-state index contributed by atoms with van der Waals surface area (Å²) in [5, 5.41) is 24.9. The molecule has 27 heavy (non-hydrogen) atoms. The lowest BCUT2D eigenvalue weighted by Crippen LogP contribution is -2.37. The first-order valence-corrected chi connectivity index (χ1v) is 7.89. The molecule has 0 aliphatic rings. The second-order valence-electron chi connectivity index (χ2n) is 6.08. The number of carbonyl (C=O) groups excluding carboxylic acids is 1. The molecule has 1 amide bonds. The Morgan fingerprint density at radius 1 is 1.22 bits per heavy atom. The Kier molecular flexibility index (Phi) is 5.88. The van der Waals surface area contributed by atoms with Gasteiger partial charge in [-0.1, -0.05) is 13.8 Å². The second kappa shape index (κ2) is 7.94. The van der Waals surface area contributed by atoms with E-state index in [0.717, 1.165) is 16.8 Å². The molecule has 10 heteroatoms. The maximum Gasteiger partial charge on any atom is 0.322 e. The Hall–Kier alpha value is -3.30. The van der Waals surface area contributed by atoms with Crippen LogP contribution >= 0.6 is 0 Å². The van der Waals surface area contributed by atoms with Crippen LogP contribution in [0.5, 0.6) is 5.75 Å². The van der Waals surface area contributed by atoms with Crippen molar-refractivity contribution in [3.63, 3.8) is 0 Å². The second-order valence-corrected chi connectivity index (χ2v) is 6.08. The predicted molar refractivity (Wildman–Crippen MR) is 89.7 cm³/mol. The van der Waals surface area contributed by atoms with Crippen LogP contribution in [0.25, 0.3) is 0 Å². The van der Waals surface area contributed by atoms with Crippen LogP contribution in [0.4, 0.5) is 8.78 Å². The van der Waals surface area contributed by atoms with E-state index >= 15 is 0 Å². The average molecular weight is 381 g/mol. The lowest BCUT2D eigenvalue weighted by atomic mass is 10.1. The van der Waals surface area contributed by atoms with E-state index in [9.17, 15) is 28.3 Å². The van der Waals surface area contributed by atoms with Crippen molar-refractivity contribution in [1.82, 2.24) is 15.1 Å². The molecule has 2 aromatic rings. The first-order valence-electron chi connectivity index (χ1n) is 7.89. The van der Waals surface area contributed by atoms with E-state index in [1.54, 1.807) is 13.8 Å². The number of rotatable bonds is 6. The van der Waals surface area contributed by atoms with Gasteiger partial charge < -0.3 is 15.5 Å². The molecule has 144 valence electrons. The van der Waals surface area contributed by atoms with E-state index in [1.165, 1.54) is 0 Å². The monoisotopic (exact) mass is 381 g/mol. The quantitative estimate of drug-likeness (QED) is 0.692. The number of hydrogen-bond donors (Lipinski definition) is 3. The number of carboxylic acids is 1. The van der Waals surface area contributed by atoms with E-state index < -0.39 is 52.8 Å². The van der Waals surface area contributed by atoms with Crippen LogP contribution in [0.1, 0.15) is 41.4 Å². The number of benzene rings is 1. The molecular weight excluding hydrogens is 364 g/mol. The van der Waals surface area contributed by atoms with Crippen molar-refractivity contribution < 1.29 is 28.6 Å². The summed E-state index contributed by atoms with van der Waals surface area (Å²) in [6, 6.07) is 2.67. The molecular formula is C17H17F2N3O5. The summed E-state index contributed by atoms with van der Waals surface area (Å²) >= 11 is 0. The molecule has 1 heterocycles. The highest BCUT2D eigenvalue weighted by molar-refractivity contribution is 5.98. The number of hydrogen-bond acceptors (Lipinski definition) is 5. The number of carbonyl (C=O) groups is 2. The molecule has 0 aliphatic heterocycles. The van der Waals surface area contributed by atoms with Gasteiger partial charge in [-0.05, 0) is 17.7 Å². The SMILES string of the molecule is CC(C)c1nn(Cc2cc(F)cc(F)c2)c(=O)c(C(=O)NCC(=O)O)c1O. The number of halogens is 2. The minimum atomic E-state index is -1.34. The summed E-state index contributed by atoms with van der Waals surface area (Å²) in [6.45, 7) is 2.19. The fourth-order valence-electron chi connectivity index (χ4n) is 2.40. The highest BCUT2D eigenvalue weighted by atomic mass is 19.1. The van der Waals surface area contributed by atoms with Crippen molar-refractivity contribution >= 4 is 11.9 Å². The van der Waals surface area contributed by atoms with Crippen LogP contribution in [0.3, 0.4) is 0 Å². The number of nitrogens with zero attached hydrogens (tertiary/aromatic N) is 2. The average Bonchev–Trinajstić information content (AvgIpc) is 2.54. The highest BCUT2D eigenvalue weighted by Crippen LogP contribution is 2.24. The molecule has 0 radical (unpaired) electrons. The van der Waals surface area contributed by atoms with Crippen molar-refractivity contribution in [3.05, 3.63) is 57.0 Å². The summed E-state index contributed by atoms with van der Waals surface area (Å²) in [7, 11) is 0. The van der Waals surface area contributed by atoms with Gasteiger partial charge in [0.15, 0.2) is 5.75 Å². The van der Waals surface area contributed by atoms with Crippen molar-refractivity contribution in [2.75, 3.05) is 6.54 Å². The molecule has 0 aliphatic carbocycles. The molecule has 0 saturated carbocycles. The number of nitrogens with one attached hydrogen (secondary N) is 1. The standard InChI is InChI=1S/C17H17F2N3O5/c1-8(2)14-15(25)13(16(26)20-6-12(23)24)17(27)22(21-14)7-9-3-10(18)5-11(19)4-9/h3-5,8,25H,6-7H2,1-2H3,(H,20,26)(H,23,24). The summed E-state index contributed by atoms with van der Waals surface area (Å²) < 4.78 is 27.5. The Balaban J connectivity index is 2.55. The third-order valence-corrected chi connectivity index (χ3v) is 3.58.